The lowest BCUT2D eigenvalue weighted by Gasteiger charge is -2.19. The van der Waals surface area contributed by atoms with Crippen molar-refractivity contribution < 1.29 is 13.2 Å². The van der Waals surface area contributed by atoms with Gasteiger partial charge in [-0.05, 0) is 42.3 Å². The molecule has 1 atom stereocenters. The Bertz CT molecular complexity index is 1090. The lowest BCUT2D eigenvalue weighted by atomic mass is 10.1. The van der Waals surface area contributed by atoms with E-state index in [0.717, 1.165) is 5.56 Å². The van der Waals surface area contributed by atoms with Crippen molar-refractivity contribution in [1.29, 1.82) is 0 Å². The predicted molar refractivity (Wildman–Crippen MR) is 116 cm³/mol. The molecule has 0 saturated carbocycles. The van der Waals surface area contributed by atoms with Crippen LogP contribution >= 0.6 is 23.2 Å². The Morgan fingerprint density at radius 3 is 2.14 bits per heavy atom. The number of hydrogen-bond donors (Lipinski definition) is 2. The summed E-state index contributed by atoms with van der Waals surface area (Å²) in [6.45, 7) is 0. The highest BCUT2D eigenvalue weighted by Crippen LogP contribution is 2.25. The van der Waals surface area contributed by atoms with Crippen LogP contribution in [0.1, 0.15) is 5.56 Å². The number of halogens is 2. The van der Waals surface area contributed by atoms with Crippen molar-refractivity contribution in [1.82, 2.24) is 4.72 Å². The van der Waals surface area contributed by atoms with Gasteiger partial charge in [-0.25, -0.2) is 8.42 Å². The van der Waals surface area contributed by atoms with Crippen molar-refractivity contribution in [2.45, 2.75) is 17.4 Å². The summed E-state index contributed by atoms with van der Waals surface area (Å²) in [5.41, 5.74) is 1.16. The van der Waals surface area contributed by atoms with Gasteiger partial charge in [-0.3, -0.25) is 4.79 Å². The van der Waals surface area contributed by atoms with Crippen molar-refractivity contribution >= 4 is 44.8 Å². The summed E-state index contributed by atoms with van der Waals surface area (Å²) >= 11 is 12.0. The van der Waals surface area contributed by atoms with E-state index in [0.29, 0.717) is 10.7 Å². The van der Waals surface area contributed by atoms with Gasteiger partial charge in [0.2, 0.25) is 15.9 Å². The fraction of sp³-hybridized carbons (Fsp3) is 0.0952. The molecule has 0 bridgehead atoms. The van der Waals surface area contributed by atoms with E-state index in [2.05, 4.69) is 10.0 Å². The monoisotopic (exact) mass is 448 g/mol. The van der Waals surface area contributed by atoms with Crippen LogP contribution in [0.15, 0.2) is 83.8 Å². The largest absolute Gasteiger partial charge is 0.323 e. The van der Waals surface area contributed by atoms with Crippen LogP contribution in [0.2, 0.25) is 10.0 Å². The van der Waals surface area contributed by atoms with E-state index in [1.165, 1.54) is 18.2 Å². The van der Waals surface area contributed by atoms with Crippen LogP contribution in [0.4, 0.5) is 5.69 Å². The zero-order valence-electron chi connectivity index (χ0n) is 15.2. The smallest absolute Gasteiger partial charge is 0.242 e. The first-order chi connectivity index (χ1) is 13.8. The number of hydrogen-bond acceptors (Lipinski definition) is 3. The molecule has 3 rings (SSSR count). The number of amides is 1. The third kappa shape index (κ3) is 5.81. The minimum absolute atomic E-state index is 0.0791. The maximum Gasteiger partial charge on any atom is 0.242 e. The standard InChI is InChI=1S/C21H18Cl2N2O3S/c22-16-11-12-19(18(23)14-16)24-21(26)20(13-15-7-3-1-4-8-15)25-29(27,28)17-9-5-2-6-10-17/h1-12,14,20,25H,13H2,(H,24,26)/t20-/m1/s1. The zero-order valence-corrected chi connectivity index (χ0v) is 17.5. The summed E-state index contributed by atoms with van der Waals surface area (Å²) in [4.78, 5) is 13.0. The molecule has 5 nitrogen and oxygen atoms in total. The van der Waals surface area contributed by atoms with E-state index in [4.69, 9.17) is 23.2 Å². The molecule has 3 aromatic rings. The lowest BCUT2D eigenvalue weighted by Crippen LogP contribution is -2.45. The summed E-state index contributed by atoms with van der Waals surface area (Å²) in [6.07, 6.45) is 0.171. The summed E-state index contributed by atoms with van der Waals surface area (Å²) in [5, 5.41) is 3.36. The molecule has 0 saturated heterocycles. The number of sulfonamides is 1. The van der Waals surface area contributed by atoms with Gasteiger partial charge in [0, 0.05) is 5.02 Å². The molecule has 0 aliphatic rings. The second-order valence-electron chi connectivity index (χ2n) is 6.29. The zero-order chi connectivity index (χ0) is 20.9. The summed E-state index contributed by atoms with van der Waals surface area (Å²) < 4.78 is 28.0. The Labute approximate surface area is 179 Å². The molecule has 0 spiro atoms. The minimum Gasteiger partial charge on any atom is -0.323 e. The van der Waals surface area contributed by atoms with Crippen LogP contribution in [0.3, 0.4) is 0 Å². The number of nitrogens with one attached hydrogen (secondary N) is 2. The average molecular weight is 449 g/mol. The van der Waals surface area contributed by atoms with Crippen molar-refractivity contribution in [2.75, 3.05) is 5.32 Å². The normalized spacial score (nSPS) is 12.3. The van der Waals surface area contributed by atoms with E-state index in [-0.39, 0.29) is 16.3 Å². The van der Waals surface area contributed by atoms with Gasteiger partial charge in [0.25, 0.3) is 0 Å². The van der Waals surface area contributed by atoms with Gasteiger partial charge < -0.3 is 5.32 Å². The summed E-state index contributed by atoms with van der Waals surface area (Å²) in [7, 11) is -3.90. The van der Waals surface area contributed by atoms with Crippen molar-refractivity contribution in [3.05, 3.63) is 94.5 Å². The molecule has 2 N–H and O–H groups in total. The third-order valence-corrected chi connectivity index (χ3v) is 6.17. The quantitative estimate of drug-likeness (QED) is 0.557. The maximum atomic E-state index is 12.9. The van der Waals surface area contributed by atoms with Gasteiger partial charge in [-0.15, -0.1) is 0 Å². The molecular formula is C21H18Cl2N2O3S. The number of rotatable bonds is 7. The number of carbonyl (C=O) groups excluding carboxylic acids is 1. The van der Waals surface area contributed by atoms with Crippen molar-refractivity contribution in [3.63, 3.8) is 0 Å². The van der Waals surface area contributed by atoms with Gasteiger partial charge in [-0.2, -0.15) is 4.72 Å². The highest BCUT2D eigenvalue weighted by Gasteiger charge is 2.26. The van der Waals surface area contributed by atoms with E-state index >= 15 is 0 Å². The molecule has 8 heteroatoms. The molecule has 0 aliphatic heterocycles. The highest BCUT2D eigenvalue weighted by molar-refractivity contribution is 7.89. The highest BCUT2D eigenvalue weighted by atomic mass is 35.5. The minimum atomic E-state index is -3.90. The van der Waals surface area contributed by atoms with Crippen LogP contribution in [-0.4, -0.2) is 20.4 Å². The molecule has 150 valence electrons. The topological polar surface area (TPSA) is 75.3 Å². The van der Waals surface area contributed by atoms with E-state index in [1.807, 2.05) is 30.3 Å². The number of anilines is 1. The van der Waals surface area contributed by atoms with Crippen molar-refractivity contribution in [3.8, 4) is 0 Å². The van der Waals surface area contributed by atoms with Crippen LogP contribution in [0, 0.1) is 0 Å². The predicted octanol–water partition coefficient (Wildman–Crippen LogP) is 4.52. The second kappa shape index (κ2) is 9.41. The van der Waals surface area contributed by atoms with Crippen LogP contribution in [0.5, 0.6) is 0 Å². The summed E-state index contributed by atoms with van der Waals surface area (Å²) in [5.74, 6) is -0.530. The Morgan fingerprint density at radius 1 is 0.897 bits per heavy atom. The van der Waals surface area contributed by atoms with Crippen LogP contribution in [-0.2, 0) is 21.2 Å². The molecule has 0 aliphatic carbocycles. The Morgan fingerprint density at radius 2 is 1.52 bits per heavy atom. The molecule has 0 fully saturated rings. The Balaban J connectivity index is 1.87. The first-order valence-corrected chi connectivity index (χ1v) is 11.0. The first kappa shape index (κ1) is 21.3. The summed E-state index contributed by atoms with van der Waals surface area (Å²) in [6, 6.07) is 20.6. The molecule has 0 heterocycles. The molecule has 1 amide bonds. The molecule has 29 heavy (non-hydrogen) atoms. The van der Waals surface area contributed by atoms with Gasteiger partial charge in [0.05, 0.1) is 15.6 Å². The van der Waals surface area contributed by atoms with Crippen LogP contribution in [0.25, 0.3) is 0 Å². The third-order valence-electron chi connectivity index (χ3n) is 4.14. The van der Waals surface area contributed by atoms with Gasteiger partial charge >= 0.3 is 0 Å². The molecule has 3 aromatic carbocycles. The fourth-order valence-corrected chi connectivity index (χ4v) is 4.38. The van der Waals surface area contributed by atoms with E-state index < -0.39 is 22.0 Å². The Hall–Kier alpha value is -2.38. The maximum absolute atomic E-state index is 12.9. The second-order valence-corrected chi connectivity index (χ2v) is 8.85. The molecule has 0 radical (unpaired) electrons. The average Bonchev–Trinajstić information content (AvgIpc) is 2.71. The molecular weight excluding hydrogens is 431 g/mol. The van der Waals surface area contributed by atoms with E-state index in [9.17, 15) is 13.2 Å². The van der Waals surface area contributed by atoms with E-state index in [1.54, 1.807) is 30.3 Å². The van der Waals surface area contributed by atoms with Gasteiger partial charge in [-0.1, -0.05) is 71.7 Å². The SMILES string of the molecule is O=C(Nc1ccc(Cl)cc1Cl)[C@@H](Cc1ccccc1)NS(=O)(=O)c1ccccc1. The number of benzene rings is 3. The van der Waals surface area contributed by atoms with Gasteiger partial charge in [0.1, 0.15) is 6.04 Å². The Kier molecular flexibility index (Phi) is 6.92. The first-order valence-electron chi connectivity index (χ1n) is 8.72. The van der Waals surface area contributed by atoms with Crippen LogP contribution < -0.4 is 10.0 Å². The number of carbonyl (C=O) groups is 1. The lowest BCUT2D eigenvalue weighted by molar-refractivity contribution is -0.117. The van der Waals surface area contributed by atoms with Gasteiger partial charge in [0.15, 0.2) is 0 Å². The molecule has 0 aromatic heterocycles. The fourth-order valence-electron chi connectivity index (χ4n) is 2.70. The van der Waals surface area contributed by atoms with Crippen molar-refractivity contribution in [2.24, 2.45) is 0 Å². The molecule has 0 unspecified atom stereocenters.